The average molecular weight is 306 g/mol. The van der Waals surface area contributed by atoms with E-state index in [1.165, 1.54) is 0 Å². The van der Waals surface area contributed by atoms with Crippen molar-refractivity contribution in [2.75, 3.05) is 14.2 Å². The molecular formula is C17H20ClNO2. The van der Waals surface area contributed by atoms with E-state index in [1.807, 2.05) is 36.4 Å². The van der Waals surface area contributed by atoms with Crippen LogP contribution in [0, 0.1) is 0 Å². The summed E-state index contributed by atoms with van der Waals surface area (Å²) in [4.78, 5) is 0. The first-order valence-electron chi connectivity index (χ1n) is 6.84. The van der Waals surface area contributed by atoms with Crippen LogP contribution in [0.4, 0.5) is 0 Å². The highest BCUT2D eigenvalue weighted by Crippen LogP contribution is 2.26. The van der Waals surface area contributed by atoms with Crippen molar-refractivity contribution < 1.29 is 9.47 Å². The van der Waals surface area contributed by atoms with E-state index in [0.29, 0.717) is 11.6 Å². The quantitative estimate of drug-likeness (QED) is 0.867. The Kier molecular flexibility index (Phi) is 5.48. The maximum Gasteiger partial charge on any atom is 0.123 e. The zero-order chi connectivity index (χ0) is 15.2. The molecule has 112 valence electrons. The molecule has 2 rings (SSSR count). The SMILES string of the molecule is COc1ccc(Cl)cc1CN[C@H](C)c1ccccc1OC. The van der Waals surface area contributed by atoms with Gasteiger partial charge < -0.3 is 14.8 Å². The maximum atomic E-state index is 6.05. The Bertz CT molecular complexity index is 601. The Hall–Kier alpha value is -1.71. The molecule has 0 saturated carbocycles. The predicted molar refractivity (Wildman–Crippen MR) is 86.3 cm³/mol. The predicted octanol–water partition coefficient (Wildman–Crippen LogP) is 4.21. The van der Waals surface area contributed by atoms with Gasteiger partial charge in [0.25, 0.3) is 0 Å². The van der Waals surface area contributed by atoms with Crippen molar-refractivity contribution >= 4 is 11.6 Å². The molecule has 4 heteroatoms. The van der Waals surface area contributed by atoms with E-state index in [9.17, 15) is 0 Å². The highest BCUT2D eigenvalue weighted by Gasteiger charge is 2.11. The number of ether oxygens (including phenoxy) is 2. The summed E-state index contributed by atoms with van der Waals surface area (Å²) in [5, 5.41) is 4.18. The molecule has 1 N–H and O–H groups in total. The summed E-state index contributed by atoms with van der Waals surface area (Å²) in [6.45, 7) is 2.78. The van der Waals surface area contributed by atoms with Crippen LogP contribution in [-0.4, -0.2) is 14.2 Å². The molecule has 0 unspecified atom stereocenters. The zero-order valence-electron chi connectivity index (χ0n) is 12.5. The van der Waals surface area contributed by atoms with Gasteiger partial charge >= 0.3 is 0 Å². The Balaban J connectivity index is 2.11. The van der Waals surface area contributed by atoms with Crippen LogP contribution in [0.5, 0.6) is 11.5 Å². The van der Waals surface area contributed by atoms with E-state index in [1.54, 1.807) is 14.2 Å². The number of nitrogens with one attached hydrogen (secondary N) is 1. The van der Waals surface area contributed by atoms with Crippen LogP contribution in [-0.2, 0) is 6.54 Å². The van der Waals surface area contributed by atoms with E-state index >= 15 is 0 Å². The number of para-hydroxylation sites is 1. The molecule has 0 saturated heterocycles. The van der Waals surface area contributed by atoms with Gasteiger partial charge in [-0.2, -0.15) is 0 Å². The van der Waals surface area contributed by atoms with Crippen molar-refractivity contribution in [2.45, 2.75) is 19.5 Å². The van der Waals surface area contributed by atoms with Gasteiger partial charge in [-0.1, -0.05) is 29.8 Å². The molecule has 0 aliphatic rings. The third-order valence-corrected chi connectivity index (χ3v) is 3.68. The van der Waals surface area contributed by atoms with Gasteiger partial charge in [0.2, 0.25) is 0 Å². The molecule has 0 aliphatic carbocycles. The molecule has 3 nitrogen and oxygen atoms in total. The van der Waals surface area contributed by atoms with Crippen molar-refractivity contribution in [1.29, 1.82) is 0 Å². The standard InChI is InChI=1S/C17H20ClNO2/c1-12(15-6-4-5-7-17(15)21-3)19-11-13-10-14(18)8-9-16(13)20-2/h4-10,12,19H,11H2,1-3H3/t12-/m1/s1. The summed E-state index contributed by atoms with van der Waals surface area (Å²) >= 11 is 6.05. The number of halogens is 1. The van der Waals surface area contributed by atoms with Gasteiger partial charge in [-0.25, -0.2) is 0 Å². The van der Waals surface area contributed by atoms with E-state index in [-0.39, 0.29) is 6.04 Å². The third-order valence-electron chi connectivity index (χ3n) is 3.45. The minimum absolute atomic E-state index is 0.157. The van der Waals surface area contributed by atoms with Gasteiger partial charge in [-0.05, 0) is 31.2 Å². The molecule has 2 aromatic carbocycles. The fraction of sp³-hybridized carbons (Fsp3) is 0.294. The fourth-order valence-corrected chi connectivity index (χ4v) is 2.48. The van der Waals surface area contributed by atoms with Gasteiger partial charge in [-0.15, -0.1) is 0 Å². The monoisotopic (exact) mass is 305 g/mol. The van der Waals surface area contributed by atoms with Crippen LogP contribution < -0.4 is 14.8 Å². The Morgan fingerprint density at radius 2 is 1.76 bits per heavy atom. The topological polar surface area (TPSA) is 30.5 Å². The Morgan fingerprint density at radius 3 is 2.48 bits per heavy atom. The van der Waals surface area contributed by atoms with Gasteiger partial charge in [0.1, 0.15) is 11.5 Å². The lowest BCUT2D eigenvalue weighted by Crippen LogP contribution is -2.19. The lowest BCUT2D eigenvalue weighted by molar-refractivity contribution is 0.397. The van der Waals surface area contributed by atoms with Gasteiger partial charge in [0.15, 0.2) is 0 Å². The van der Waals surface area contributed by atoms with Crippen LogP contribution in [0.15, 0.2) is 42.5 Å². The van der Waals surface area contributed by atoms with Crippen molar-refractivity contribution in [1.82, 2.24) is 5.32 Å². The van der Waals surface area contributed by atoms with Crippen LogP contribution >= 0.6 is 11.6 Å². The van der Waals surface area contributed by atoms with Gasteiger partial charge in [0, 0.05) is 28.7 Å². The van der Waals surface area contributed by atoms with E-state index < -0.39 is 0 Å². The molecule has 0 amide bonds. The molecule has 2 aromatic rings. The second-order valence-corrected chi connectivity index (χ2v) is 5.24. The summed E-state index contributed by atoms with van der Waals surface area (Å²) < 4.78 is 10.8. The first-order valence-corrected chi connectivity index (χ1v) is 7.22. The first-order chi connectivity index (χ1) is 10.2. The second kappa shape index (κ2) is 7.34. The van der Waals surface area contributed by atoms with Gasteiger partial charge in [-0.3, -0.25) is 0 Å². The molecule has 0 bridgehead atoms. The fourth-order valence-electron chi connectivity index (χ4n) is 2.28. The lowest BCUT2D eigenvalue weighted by Gasteiger charge is -2.18. The molecule has 0 radical (unpaired) electrons. The molecule has 0 aliphatic heterocycles. The number of rotatable bonds is 6. The van der Waals surface area contributed by atoms with Crippen molar-refractivity contribution in [2.24, 2.45) is 0 Å². The minimum Gasteiger partial charge on any atom is -0.496 e. The maximum absolute atomic E-state index is 6.05. The van der Waals surface area contributed by atoms with Crippen LogP contribution in [0.1, 0.15) is 24.1 Å². The number of methoxy groups -OCH3 is 2. The van der Waals surface area contributed by atoms with Crippen LogP contribution in [0.3, 0.4) is 0 Å². The van der Waals surface area contributed by atoms with E-state index in [2.05, 4.69) is 18.3 Å². The first kappa shape index (κ1) is 15.7. The molecule has 1 atom stereocenters. The molecular weight excluding hydrogens is 286 g/mol. The third kappa shape index (κ3) is 3.90. The molecule has 0 heterocycles. The number of hydrogen-bond acceptors (Lipinski definition) is 3. The molecule has 0 spiro atoms. The highest BCUT2D eigenvalue weighted by atomic mass is 35.5. The normalized spacial score (nSPS) is 12.0. The smallest absolute Gasteiger partial charge is 0.123 e. The largest absolute Gasteiger partial charge is 0.496 e. The van der Waals surface area contributed by atoms with Crippen molar-refractivity contribution in [3.63, 3.8) is 0 Å². The van der Waals surface area contributed by atoms with Crippen LogP contribution in [0.2, 0.25) is 5.02 Å². The van der Waals surface area contributed by atoms with E-state index in [4.69, 9.17) is 21.1 Å². The van der Waals surface area contributed by atoms with Gasteiger partial charge in [0.05, 0.1) is 14.2 Å². The van der Waals surface area contributed by atoms with Crippen LogP contribution in [0.25, 0.3) is 0 Å². The van der Waals surface area contributed by atoms with E-state index in [0.717, 1.165) is 22.6 Å². The molecule has 21 heavy (non-hydrogen) atoms. The second-order valence-electron chi connectivity index (χ2n) is 4.80. The molecule has 0 aromatic heterocycles. The zero-order valence-corrected chi connectivity index (χ0v) is 13.3. The highest BCUT2D eigenvalue weighted by molar-refractivity contribution is 6.30. The summed E-state index contributed by atoms with van der Waals surface area (Å²) in [5.74, 6) is 1.72. The van der Waals surface area contributed by atoms with Crippen molar-refractivity contribution in [3.8, 4) is 11.5 Å². The number of hydrogen-bond donors (Lipinski definition) is 1. The number of benzene rings is 2. The average Bonchev–Trinajstić information content (AvgIpc) is 2.52. The Morgan fingerprint density at radius 1 is 1.05 bits per heavy atom. The molecule has 0 fully saturated rings. The van der Waals surface area contributed by atoms with Crippen molar-refractivity contribution in [3.05, 3.63) is 58.6 Å². The Labute approximate surface area is 130 Å². The summed E-state index contributed by atoms with van der Waals surface area (Å²) in [5.41, 5.74) is 2.16. The minimum atomic E-state index is 0.157. The lowest BCUT2D eigenvalue weighted by atomic mass is 10.1. The summed E-state index contributed by atoms with van der Waals surface area (Å²) in [6.07, 6.45) is 0. The summed E-state index contributed by atoms with van der Waals surface area (Å²) in [7, 11) is 3.35. The summed E-state index contributed by atoms with van der Waals surface area (Å²) in [6, 6.07) is 13.8.